The van der Waals surface area contributed by atoms with E-state index in [0.29, 0.717) is 12.2 Å². The number of ketones is 1. The second-order valence-corrected chi connectivity index (χ2v) is 6.90. The van der Waals surface area contributed by atoms with Gasteiger partial charge in [0.25, 0.3) is 0 Å². The predicted octanol–water partition coefficient (Wildman–Crippen LogP) is 3.21. The van der Waals surface area contributed by atoms with Crippen molar-refractivity contribution < 1.29 is 4.79 Å². The van der Waals surface area contributed by atoms with Gasteiger partial charge in [-0.25, -0.2) is 0 Å². The van der Waals surface area contributed by atoms with Crippen molar-refractivity contribution in [3.8, 4) is 0 Å². The summed E-state index contributed by atoms with van der Waals surface area (Å²) in [5, 5.41) is 4.60. The van der Waals surface area contributed by atoms with E-state index in [2.05, 4.69) is 39.8 Å². The lowest BCUT2D eigenvalue weighted by atomic mass is 9.88. The van der Waals surface area contributed by atoms with Gasteiger partial charge in [-0.2, -0.15) is 5.10 Å². The summed E-state index contributed by atoms with van der Waals surface area (Å²) in [6.07, 6.45) is 5.62. The highest BCUT2D eigenvalue weighted by Gasteiger charge is 2.43. The van der Waals surface area contributed by atoms with E-state index in [9.17, 15) is 4.79 Å². The van der Waals surface area contributed by atoms with Crippen molar-refractivity contribution in [2.24, 2.45) is 0 Å². The molecule has 4 nitrogen and oxygen atoms in total. The summed E-state index contributed by atoms with van der Waals surface area (Å²) < 4.78 is 2.99. The van der Waals surface area contributed by atoms with Gasteiger partial charge in [0.1, 0.15) is 0 Å². The summed E-state index contributed by atoms with van der Waals surface area (Å²) in [5.74, 6) is 0.336. The normalized spacial score (nSPS) is 17.6. The van der Waals surface area contributed by atoms with Crippen LogP contribution in [-0.2, 0) is 24.2 Å². The topological polar surface area (TPSA) is 38.1 Å². The zero-order valence-corrected chi connectivity index (χ0v) is 15.2. The molecule has 0 aromatic carbocycles. The molecular weight excluding hydrogens is 330 g/mol. The van der Waals surface area contributed by atoms with Crippen molar-refractivity contribution in [3.63, 3.8) is 0 Å². The first kappa shape index (κ1) is 16.7. The van der Waals surface area contributed by atoms with E-state index in [1.54, 1.807) is 0 Å². The molecule has 118 valence electrons. The molecule has 1 fully saturated rings. The second kappa shape index (κ2) is 6.61. The number of carbonyl (C=O) groups is 1. The van der Waals surface area contributed by atoms with E-state index < -0.39 is 0 Å². The van der Waals surface area contributed by atoms with Crippen LogP contribution in [0.5, 0.6) is 0 Å². The Labute approximate surface area is 136 Å². The van der Waals surface area contributed by atoms with Gasteiger partial charge in [0.05, 0.1) is 27.8 Å². The third-order valence-corrected chi connectivity index (χ3v) is 5.74. The molecule has 0 radical (unpaired) electrons. The Hall–Kier alpha value is -0.680. The molecule has 0 saturated heterocycles. The maximum absolute atomic E-state index is 13.0. The zero-order valence-electron chi connectivity index (χ0n) is 13.6. The summed E-state index contributed by atoms with van der Waals surface area (Å²) in [6, 6.07) is 0. The fourth-order valence-corrected chi connectivity index (χ4v) is 4.14. The predicted molar refractivity (Wildman–Crippen MR) is 88.6 cm³/mol. The number of nitrogens with zero attached hydrogens (tertiary/aromatic N) is 3. The fourth-order valence-electron chi connectivity index (χ4n) is 3.44. The molecule has 0 amide bonds. The first-order chi connectivity index (χ1) is 9.96. The minimum absolute atomic E-state index is 0.269. The summed E-state index contributed by atoms with van der Waals surface area (Å²) >= 11 is 3.65. The average Bonchev–Trinajstić information content (AvgIpc) is 3.06. The Kier molecular flexibility index (Phi) is 5.25. The summed E-state index contributed by atoms with van der Waals surface area (Å²) in [7, 11) is 4.07. The number of carbonyl (C=O) groups excluding carboxylic acids is 1. The molecule has 0 N–H and O–H groups in total. The van der Waals surface area contributed by atoms with Crippen LogP contribution in [0, 0.1) is 0 Å². The Morgan fingerprint density at radius 3 is 2.43 bits per heavy atom. The molecular formula is C16H26BrN3O. The van der Waals surface area contributed by atoms with Gasteiger partial charge in [0.2, 0.25) is 0 Å². The summed E-state index contributed by atoms with van der Waals surface area (Å²) in [4.78, 5) is 15.1. The van der Waals surface area contributed by atoms with Crippen LogP contribution in [0.4, 0.5) is 0 Å². The van der Waals surface area contributed by atoms with Crippen molar-refractivity contribution in [3.05, 3.63) is 15.9 Å². The number of rotatable bonds is 6. The number of aryl methyl sites for hydroxylation is 2. The van der Waals surface area contributed by atoms with Gasteiger partial charge in [-0.15, -0.1) is 0 Å². The van der Waals surface area contributed by atoms with Gasteiger partial charge < -0.3 is 0 Å². The summed E-state index contributed by atoms with van der Waals surface area (Å²) in [5.41, 5.74) is 1.81. The van der Waals surface area contributed by atoms with Crippen molar-refractivity contribution in [2.45, 2.75) is 64.5 Å². The number of hydrogen-bond acceptors (Lipinski definition) is 3. The Morgan fingerprint density at radius 2 is 1.95 bits per heavy atom. The molecule has 1 aliphatic carbocycles. The smallest absolute Gasteiger partial charge is 0.159 e. The van der Waals surface area contributed by atoms with Gasteiger partial charge in [-0.1, -0.05) is 19.8 Å². The lowest BCUT2D eigenvalue weighted by Gasteiger charge is -2.34. The molecule has 0 bridgehead atoms. The van der Waals surface area contributed by atoms with E-state index in [0.717, 1.165) is 54.5 Å². The molecule has 1 aromatic heterocycles. The van der Waals surface area contributed by atoms with Gasteiger partial charge in [0, 0.05) is 6.54 Å². The minimum Gasteiger partial charge on any atom is -0.297 e. The van der Waals surface area contributed by atoms with Crippen molar-refractivity contribution in [2.75, 3.05) is 14.1 Å². The molecule has 1 heterocycles. The van der Waals surface area contributed by atoms with E-state index in [1.807, 2.05) is 18.8 Å². The van der Waals surface area contributed by atoms with Gasteiger partial charge >= 0.3 is 0 Å². The maximum atomic E-state index is 13.0. The van der Waals surface area contributed by atoms with Crippen LogP contribution in [0.15, 0.2) is 4.47 Å². The standard InChI is InChI=1S/C16H26BrN3O/c1-5-12-15(17)13(20(6-2)18-12)11-14(21)16(19(3)4)9-7-8-10-16/h5-11H2,1-4H3. The lowest BCUT2D eigenvalue weighted by molar-refractivity contribution is -0.129. The Bertz CT molecular complexity index is 516. The van der Waals surface area contributed by atoms with Crippen LogP contribution in [0.2, 0.25) is 0 Å². The van der Waals surface area contributed by atoms with Gasteiger partial charge in [0.15, 0.2) is 5.78 Å². The van der Waals surface area contributed by atoms with E-state index in [4.69, 9.17) is 0 Å². The van der Waals surface area contributed by atoms with Gasteiger partial charge in [-0.05, 0) is 56.2 Å². The number of hydrogen-bond donors (Lipinski definition) is 0. The molecule has 1 aromatic rings. The number of Topliss-reactive ketones (excluding diaryl/α,β-unsaturated/α-hetero) is 1. The van der Waals surface area contributed by atoms with Crippen LogP contribution in [-0.4, -0.2) is 40.1 Å². The number of likely N-dealkylation sites (N-methyl/N-ethyl adjacent to an activating group) is 1. The average molecular weight is 356 g/mol. The van der Waals surface area contributed by atoms with Crippen LogP contribution >= 0.6 is 15.9 Å². The quantitative estimate of drug-likeness (QED) is 0.786. The molecule has 0 atom stereocenters. The van der Waals surface area contributed by atoms with Gasteiger partial charge in [-0.3, -0.25) is 14.4 Å². The Balaban J connectivity index is 2.29. The third-order valence-electron chi connectivity index (χ3n) is 4.83. The number of aromatic nitrogens is 2. The molecule has 1 aliphatic rings. The molecule has 0 aliphatic heterocycles. The minimum atomic E-state index is -0.269. The molecule has 21 heavy (non-hydrogen) atoms. The number of halogens is 1. The van der Waals surface area contributed by atoms with Crippen LogP contribution < -0.4 is 0 Å². The zero-order chi connectivity index (χ0) is 15.6. The molecule has 0 spiro atoms. The van der Waals surface area contributed by atoms with Crippen molar-refractivity contribution in [1.82, 2.24) is 14.7 Å². The van der Waals surface area contributed by atoms with Crippen molar-refractivity contribution >= 4 is 21.7 Å². The second-order valence-electron chi connectivity index (χ2n) is 6.11. The Morgan fingerprint density at radius 1 is 1.33 bits per heavy atom. The highest BCUT2D eigenvalue weighted by Crippen LogP contribution is 2.36. The summed E-state index contributed by atoms with van der Waals surface area (Å²) in [6.45, 7) is 4.97. The molecule has 0 unspecified atom stereocenters. The molecule has 5 heteroatoms. The van der Waals surface area contributed by atoms with E-state index in [-0.39, 0.29) is 5.54 Å². The largest absolute Gasteiger partial charge is 0.297 e. The maximum Gasteiger partial charge on any atom is 0.159 e. The SMILES string of the molecule is CCc1nn(CC)c(CC(=O)C2(N(C)C)CCCC2)c1Br. The van der Waals surface area contributed by atoms with Crippen LogP contribution in [0.3, 0.4) is 0 Å². The van der Waals surface area contributed by atoms with Crippen LogP contribution in [0.25, 0.3) is 0 Å². The molecule has 1 saturated carbocycles. The van der Waals surface area contributed by atoms with Crippen LogP contribution in [0.1, 0.15) is 50.9 Å². The first-order valence-corrected chi connectivity index (χ1v) is 8.70. The highest BCUT2D eigenvalue weighted by molar-refractivity contribution is 9.10. The highest BCUT2D eigenvalue weighted by atomic mass is 79.9. The first-order valence-electron chi connectivity index (χ1n) is 7.91. The lowest BCUT2D eigenvalue weighted by Crippen LogP contribution is -2.49. The molecule has 2 rings (SSSR count). The fraction of sp³-hybridized carbons (Fsp3) is 0.750. The van der Waals surface area contributed by atoms with E-state index >= 15 is 0 Å². The van der Waals surface area contributed by atoms with E-state index in [1.165, 1.54) is 0 Å². The van der Waals surface area contributed by atoms with Crippen molar-refractivity contribution in [1.29, 1.82) is 0 Å². The monoisotopic (exact) mass is 355 g/mol. The third kappa shape index (κ3) is 2.95.